The number of halogens is 3. The van der Waals surface area contributed by atoms with Crippen LogP contribution in [0.25, 0.3) is 0 Å². The van der Waals surface area contributed by atoms with Crippen LogP contribution >= 0.6 is 0 Å². The Kier molecular flexibility index (Phi) is 3.47. The van der Waals surface area contributed by atoms with E-state index in [1.807, 2.05) is 0 Å². The summed E-state index contributed by atoms with van der Waals surface area (Å²) < 4.78 is 41.9. The van der Waals surface area contributed by atoms with E-state index in [4.69, 9.17) is 0 Å². The fourth-order valence-corrected chi connectivity index (χ4v) is 1.18. The Bertz CT molecular complexity index is 358. The molecule has 0 saturated heterocycles. The van der Waals surface area contributed by atoms with Gasteiger partial charge in [0.05, 0.1) is 5.56 Å². The highest BCUT2D eigenvalue weighted by Gasteiger charge is 2.34. The number of rotatable bonds is 3. The molecule has 0 bridgehead atoms. The number of carbonyl (C=O) groups is 1. The van der Waals surface area contributed by atoms with Crippen molar-refractivity contribution in [3.05, 3.63) is 35.4 Å². The van der Waals surface area contributed by atoms with Crippen LogP contribution in [0.4, 0.5) is 13.2 Å². The maximum absolute atomic E-state index is 12.5. The van der Waals surface area contributed by atoms with Gasteiger partial charge in [-0.05, 0) is 6.07 Å². The van der Waals surface area contributed by atoms with Crippen molar-refractivity contribution in [1.82, 2.24) is 0 Å². The van der Waals surface area contributed by atoms with E-state index >= 15 is 0 Å². The number of hydrogen-bond donors (Lipinski definition) is 0. The first kappa shape index (κ1) is 11.7. The summed E-state index contributed by atoms with van der Waals surface area (Å²) in [5.41, 5.74) is -1.28. The predicted molar refractivity (Wildman–Crippen MR) is 47.7 cm³/mol. The minimum atomic E-state index is -4.51. The Hall–Kier alpha value is -1.36. The molecule has 5 heteroatoms. The van der Waals surface area contributed by atoms with Gasteiger partial charge in [-0.25, -0.2) is 0 Å². The lowest BCUT2D eigenvalue weighted by molar-refractivity contribution is -0.137. The summed E-state index contributed by atoms with van der Waals surface area (Å²) in [6.45, 7) is -0.354. The van der Waals surface area contributed by atoms with Crippen LogP contribution in [0.15, 0.2) is 24.3 Å². The molecular formula is C10H9F3O2. The van der Waals surface area contributed by atoms with Gasteiger partial charge >= 0.3 is 6.18 Å². The fourth-order valence-electron chi connectivity index (χ4n) is 1.18. The predicted octanol–water partition coefficient (Wildman–Crippen LogP) is 2.53. The number of methoxy groups -OCH3 is 1. The molecule has 0 heterocycles. The lowest BCUT2D eigenvalue weighted by Crippen LogP contribution is -2.15. The minimum absolute atomic E-state index is 0.354. The van der Waals surface area contributed by atoms with Crippen LogP contribution < -0.4 is 0 Å². The van der Waals surface area contributed by atoms with Gasteiger partial charge in [0.25, 0.3) is 0 Å². The largest absolute Gasteiger partial charge is 0.417 e. The standard InChI is InChI=1S/C10H9F3O2/c1-15-6-9(14)7-4-2-3-5-8(7)10(11,12)13/h2-5H,6H2,1H3. The zero-order chi connectivity index (χ0) is 11.5. The molecule has 0 N–H and O–H groups in total. The Morgan fingerprint density at radius 3 is 2.47 bits per heavy atom. The molecule has 2 nitrogen and oxygen atoms in total. The number of Topliss-reactive ketones (excluding diaryl/α,β-unsaturated/α-hetero) is 1. The van der Waals surface area contributed by atoms with Crippen LogP contribution in [-0.2, 0) is 10.9 Å². The number of carbonyl (C=O) groups excluding carboxylic acids is 1. The van der Waals surface area contributed by atoms with E-state index in [2.05, 4.69) is 4.74 Å². The summed E-state index contributed by atoms with van der Waals surface area (Å²) in [4.78, 5) is 11.3. The van der Waals surface area contributed by atoms with Gasteiger partial charge in [0, 0.05) is 12.7 Å². The van der Waals surface area contributed by atoms with Crippen molar-refractivity contribution in [2.45, 2.75) is 6.18 Å². The van der Waals surface area contributed by atoms with E-state index in [0.29, 0.717) is 0 Å². The van der Waals surface area contributed by atoms with Crippen molar-refractivity contribution in [3.8, 4) is 0 Å². The van der Waals surface area contributed by atoms with Gasteiger partial charge in [-0.2, -0.15) is 13.2 Å². The number of benzene rings is 1. The maximum Gasteiger partial charge on any atom is 0.417 e. The monoisotopic (exact) mass is 218 g/mol. The Morgan fingerprint density at radius 2 is 1.93 bits per heavy atom. The second-order valence-electron chi connectivity index (χ2n) is 2.90. The van der Waals surface area contributed by atoms with E-state index in [-0.39, 0.29) is 12.2 Å². The third-order valence-corrected chi connectivity index (χ3v) is 1.81. The van der Waals surface area contributed by atoms with Gasteiger partial charge in [0.15, 0.2) is 5.78 Å². The second-order valence-corrected chi connectivity index (χ2v) is 2.90. The van der Waals surface area contributed by atoms with Crippen LogP contribution in [0, 0.1) is 0 Å². The van der Waals surface area contributed by atoms with E-state index in [1.54, 1.807) is 0 Å². The quantitative estimate of drug-likeness (QED) is 0.729. The molecule has 0 saturated carbocycles. The fraction of sp³-hybridized carbons (Fsp3) is 0.300. The van der Waals surface area contributed by atoms with Crippen molar-refractivity contribution in [3.63, 3.8) is 0 Å². The van der Waals surface area contributed by atoms with Gasteiger partial charge in [0.2, 0.25) is 0 Å². The van der Waals surface area contributed by atoms with Gasteiger partial charge in [-0.3, -0.25) is 4.79 Å². The van der Waals surface area contributed by atoms with E-state index in [0.717, 1.165) is 12.1 Å². The van der Waals surface area contributed by atoms with Crippen LogP contribution in [0.1, 0.15) is 15.9 Å². The molecule has 0 aliphatic heterocycles. The summed E-state index contributed by atoms with van der Waals surface area (Å²) in [7, 11) is 1.26. The molecule has 0 aromatic heterocycles. The summed E-state index contributed by atoms with van der Waals surface area (Å²) in [5.74, 6) is -0.676. The first-order valence-electron chi connectivity index (χ1n) is 4.15. The molecule has 0 amide bonds. The average molecular weight is 218 g/mol. The zero-order valence-corrected chi connectivity index (χ0v) is 7.97. The lowest BCUT2D eigenvalue weighted by Gasteiger charge is -2.11. The topological polar surface area (TPSA) is 26.3 Å². The number of ether oxygens (including phenoxy) is 1. The first-order valence-corrected chi connectivity index (χ1v) is 4.15. The molecular weight excluding hydrogens is 209 g/mol. The Morgan fingerprint density at radius 1 is 1.33 bits per heavy atom. The Balaban J connectivity index is 3.12. The highest BCUT2D eigenvalue weighted by Crippen LogP contribution is 2.31. The minimum Gasteiger partial charge on any atom is -0.377 e. The van der Waals surface area contributed by atoms with E-state index in [9.17, 15) is 18.0 Å². The summed E-state index contributed by atoms with van der Waals surface area (Å²) >= 11 is 0. The third kappa shape index (κ3) is 2.79. The number of ketones is 1. The molecule has 1 aromatic carbocycles. The van der Waals surface area contributed by atoms with Crippen molar-refractivity contribution in [2.75, 3.05) is 13.7 Å². The molecule has 0 unspecified atom stereocenters. The highest BCUT2D eigenvalue weighted by atomic mass is 19.4. The van der Waals surface area contributed by atoms with Gasteiger partial charge in [0.1, 0.15) is 6.61 Å². The average Bonchev–Trinajstić information content (AvgIpc) is 2.17. The van der Waals surface area contributed by atoms with Crippen molar-refractivity contribution in [2.24, 2.45) is 0 Å². The normalized spacial score (nSPS) is 11.5. The molecule has 1 rings (SSSR count). The molecule has 1 aromatic rings. The van der Waals surface area contributed by atoms with E-state index in [1.165, 1.54) is 19.2 Å². The molecule has 82 valence electrons. The summed E-state index contributed by atoms with van der Waals surface area (Å²) in [6, 6.07) is 4.65. The molecule has 0 fully saturated rings. The zero-order valence-electron chi connectivity index (χ0n) is 7.97. The molecule has 0 aliphatic rings. The summed E-state index contributed by atoms with van der Waals surface area (Å²) in [5, 5.41) is 0. The maximum atomic E-state index is 12.5. The van der Waals surface area contributed by atoms with E-state index < -0.39 is 17.5 Å². The van der Waals surface area contributed by atoms with Crippen molar-refractivity contribution >= 4 is 5.78 Å². The van der Waals surface area contributed by atoms with Crippen LogP contribution in [0.5, 0.6) is 0 Å². The van der Waals surface area contributed by atoms with Gasteiger partial charge in [-0.1, -0.05) is 18.2 Å². The smallest absolute Gasteiger partial charge is 0.377 e. The van der Waals surface area contributed by atoms with Crippen LogP contribution in [0.3, 0.4) is 0 Å². The molecule has 0 spiro atoms. The van der Waals surface area contributed by atoms with Crippen LogP contribution in [0.2, 0.25) is 0 Å². The van der Waals surface area contributed by atoms with Gasteiger partial charge in [-0.15, -0.1) is 0 Å². The third-order valence-electron chi connectivity index (χ3n) is 1.81. The molecule has 0 aliphatic carbocycles. The molecule has 0 radical (unpaired) electrons. The van der Waals surface area contributed by atoms with Crippen molar-refractivity contribution in [1.29, 1.82) is 0 Å². The number of hydrogen-bond acceptors (Lipinski definition) is 2. The Labute approximate surface area is 84.7 Å². The van der Waals surface area contributed by atoms with Crippen molar-refractivity contribution < 1.29 is 22.7 Å². The van der Waals surface area contributed by atoms with Crippen LogP contribution in [-0.4, -0.2) is 19.5 Å². The highest BCUT2D eigenvalue weighted by molar-refractivity contribution is 5.98. The lowest BCUT2D eigenvalue weighted by atomic mass is 10.0. The molecule has 15 heavy (non-hydrogen) atoms. The number of alkyl halides is 3. The summed E-state index contributed by atoms with van der Waals surface area (Å²) in [6.07, 6.45) is -4.51. The first-order chi connectivity index (χ1) is 6.96. The van der Waals surface area contributed by atoms with Gasteiger partial charge < -0.3 is 4.74 Å². The second kappa shape index (κ2) is 4.44. The molecule has 0 atom stereocenters. The SMILES string of the molecule is COCC(=O)c1ccccc1C(F)(F)F.